The fourth-order valence-corrected chi connectivity index (χ4v) is 2.74. The number of halogens is 1. The Hall–Kier alpha value is -1.06. The molecule has 0 bridgehead atoms. The van der Waals surface area contributed by atoms with Crippen LogP contribution in [0.1, 0.15) is 32.3 Å². The van der Waals surface area contributed by atoms with Gasteiger partial charge in [-0.1, -0.05) is 23.7 Å². The third kappa shape index (κ3) is 3.74. The van der Waals surface area contributed by atoms with E-state index >= 15 is 0 Å². The van der Waals surface area contributed by atoms with Gasteiger partial charge in [0.15, 0.2) is 0 Å². The van der Waals surface area contributed by atoms with Gasteiger partial charge in [0, 0.05) is 17.6 Å². The zero-order valence-electron chi connectivity index (χ0n) is 12.1. The molecule has 1 N–H and O–H groups in total. The Morgan fingerprint density at radius 3 is 2.70 bits per heavy atom. The first-order valence-corrected chi connectivity index (χ1v) is 7.56. The highest BCUT2D eigenvalue weighted by molar-refractivity contribution is 6.30. The van der Waals surface area contributed by atoms with E-state index in [0.29, 0.717) is 19.2 Å². The number of hydrogen-bond donors (Lipinski definition) is 1. The van der Waals surface area contributed by atoms with Gasteiger partial charge in [-0.3, -0.25) is 4.79 Å². The van der Waals surface area contributed by atoms with E-state index in [1.54, 1.807) is 0 Å². The van der Waals surface area contributed by atoms with E-state index in [9.17, 15) is 4.79 Å². The van der Waals surface area contributed by atoms with Crippen molar-refractivity contribution in [2.45, 2.75) is 39.2 Å². The molecule has 4 heteroatoms. The second-order valence-electron chi connectivity index (χ2n) is 5.73. The molecule has 2 rings (SSSR count). The van der Waals surface area contributed by atoms with Gasteiger partial charge in [0.05, 0.1) is 12.0 Å². The molecule has 0 radical (unpaired) electrons. The number of carbonyl (C=O) groups excluding carboxylic acids is 1. The van der Waals surface area contributed by atoms with E-state index in [1.807, 2.05) is 26.0 Å². The van der Waals surface area contributed by atoms with Crippen LogP contribution < -0.4 is 5.32 Å². The van der Waals surface area contributed by atoms with Crippen LogP contribution in [0.25, 0.3) is 0 Å². The summed E-state index contributed by atoms with van der Waals surface area (Å²) in [6.07, 6.45) is 2.82. The maximum Gasteiger partial charge on any atom is 0.313 e. The van der Waals surface area contributed by atoms with Crippen molar-refractivity contribution in [3.05, 3.63) is 34.9 Å². The molecule has 1 aliphatic heterocycles. The van der Waals surface area contributed by atoms with E-state index in [2.05, 4.69) is 17.4 Å². The van der Waals surface area contributed by atoms with Crippen molar-refractivity contribution >= 4 is 17.6 Å². The van der Waals surface area contributed by atoms with Crippen LogP contribution in [0.5, 0.6) is 0 Å². The van der Waals surface area contributed by atoms with Crippen LogP contribution in [0, 0.1) is 5.41 Å². The van der Waals surface area contributed by atoms with Gasteiger partial charge < -0.3 is 10.1 Å². The molecule has 3 nitrogen and oxygen atoms in total. The number of esters is 1. The maximum atomic E-state index is 11.9. The number of rotatable bonds is 4. The van der Waals surface area contributed by atoms with Crippen molar-refractivity contribution in [2.75, 3.05) is 13.2 Å². The number of nitrogens with one attached hydrogen (secondary N) is 1. The quantitative estimate of drug-likeness (QED) is 0.867. The summed E-state index contributed by atoms with van der Waals surface area (Å²) in [5.74, 6) is -0.0857. The van der Waals surface area contributed by atoms with Crippen molar-refractivity contribution in [3.63, 3.8) is 0 Å². The van der Waals surface area contributed by atoms with Crippen LogP contribution in [0.2, 0.25) is 5.02 Å². The van der Waals surface area contributed by atoms with Crippen LogP contribution in [-0.2, 0) is 16.0 Å². The van der Waals surface area contributed by atoms with Crippen LogP contribution in [-0.4, -0.2) is 25.2 Å². The van der Waals surface area contributed by atoms with Gasteiger partial charge in [-0.25, -0.2) is 0 Å². The number of carbonyl (C=O) groups is 1. The number of hydrogen-bond acceptors (Lipinski definition) is 3. The van der Waals surface area contributed by atoms with Crippen LogP contribution in [0.4, 0.5) is 0 Å². The summed E-state index contributed by atoms with van der Waals surface area (Å²) in [6.45, 7) is 4.96. The lowest BCUT2D eigenvalue weighted by atomic mass is 9.79. The summed E-state index contributed by atoms with van der Waals surface area (Å²) >= 11 is 5.89. The topological polar surface area (TPSA) is 38.3 Å². The Bertz CT molecular complexity index is 450. The third-order valence-corrected chi connectivity index (χ3v) is 4.24. The minimum Gasteiger partial charge on any atom is -0.466 e. The molecule has 0 saturated carbocycles. The van der Waals surface area contributed by atoms with Crippen LogP contribution in [0.15, 0.2) is 24.3 Å². The van der Waals surface area contributed by atoms with E-state index in [1.165, 1.54) is 5.56 Å². The molecule has 2 unspecified atom stereocenters. The minimum atomic E-state index is -0.382. The molecule has 0 aromatic heterocycles. The number of benzene rings is 1. The molecule has 1 aliphatic rings. The summed E-state index contributed by atoms with van der Waals surface area (Å²) < 4.78 is 5.16. The molecule has 1 saturated heterocycles. The highest BCUT2D eigenvalue weighted by Gasteiger charge is 2.38. The van der Waals surface area contributed by atoms with Gasteiger partial charge in [-0.2, -0.15) is 0 Å². The monoisotopic (exact) mass is 295 g/mol. The molecule has 1 heterocycles. The molecule has 0 amide bonds. The van der Waals surface area contributed by atoms with E-state index in [0.717, 1.165) is 24.3 Å². The van der Waals surface area contributed by atoms with Crippen LogP contribution in [0.3, 0.4) is 0 Å². The van der Waals surface area contributed by atoms with E-state index in [-0.39, 0.29) is 11.4 Å². The van der Waals surface area contributed by atoms with Crippen molar-refractivity contribution in [1.29, 1.82) is 0 Å². The Labute approximate surface area is 125 Å². The third-order valence-electron chi connectivity index (χ3n) is 3.99. The van der Waals surface area contributed by atoms with E-state index < -0.39 is 0 Å². The predicted octanol–water partition coefficient (Wildman–Crippen LogP) is 3.20. The molecule has 110 valence electrons. The largest absolute Gasteiger partial charge is 0.466 e. The lowest BCUT2D eigenvalue weighted by molar-refractivity contribution is -0.155. The average Bonchev–Trinajstić information content (AvgIpc) is 2.44. The first kappa shape index (κ1) is 15.3. The van der Waals surface area contributed by atoms with Gasteiger partial charge in [-0.15, -0.1) is 0 Å². The highest BCUT2D eigenvalue weighted by atomic mass is 35.5. The normalized spacial score (nSPS) is 26.2. The number of ether oxygens (including phenoxy) is 1. The standard InChI is InChI=1S/C16H22ClNO2/c1-3-20-15(19)16(2)9-8-14(18-11-16)10-12-4-6-13(17)7-5-12/h4-7,14,18H,3,8-11H2,1-2H3. The molecular weight excluding hydrogens is 274 g/mol. The summed E-state index contributed by atoms with van der Waals surface area (Å²) in [5, 5.41) is 4.24. The zero-order chi connectivity index (χ0) is 14.6. The Morgan fingerprint density at radius 2 is 2.15 bits per heavy atom. The van der Waals surface area contributed by atoms with Gasteiger partial charge in [0.1, 0.15) is 0 Å². The summed E-state index contributed by atoms with van der Waals surface area (Å²) in [4.78, 5) is 11.9. The number of piperidine rings is 1. The molecule has 0 aliphatic carbocycles. The zero-order valence-corrected chi connectivity index (χ0v) is 12.9. The van der Waals surface area contributed by atoms with Gasteiger partial charge >= 0.3 is 5.97 Å². The van der Waals surface area contributed by atoms with Crippen molar-refractivity contribution in [2.24, 2.45) is 5.41 Å². The second-order valence-corrected chi connectivity index (χ2v) is 6.16. The summed E-state index contributed by atoms with van der Waals surface area (Å²) in [5.41, 5.74) is 0.888. The lowest BCUT2D eigenvalue weighted by Crippen LogP contribution is -2.49. The average molecular weight is 296 g/mol. The molecule has 2 atom stereocenters. The Balaban J connectivity index is 1.88. The van der Waals surface area contributed by atoms with Crippen molar-refractivity contribution in [1.82, 2.24) is 5.32 Å². The fourth-order valence-electron chi connectivity index (χ4n) is 2.61. The molecule has 1 fully saturated rings. The SMILES string of the molecule is CCOC(=O)C1(C)CCC(Cc2ccc(Cl)cc2)NC1. The fraction of sp³-hybridized carbons (Fsp3) is 0.562. The Morgan fingerprint density at radius 1 is 1.45 bits per heavy atom. The van der Waals surface area contributed by atoms with Crippen molar-refractivity contribution in [3.8, 4) is 0 Å². The Kier molecular flexibility index (Phi) is 5.06. The van der Waals surface area contributed by atoms with Gasteiger partial charge in [-0.05, 0) is 50.8 Å². The van der Waals surface area contributed by atoms with Crippen LogP contribution >= 0.6 is 11.6 Å². The van der Waals surface area contributed by atoms with Gasteiger partial charge in [0.25, 0.3) is 0 Å². The first-order chi connectivity index (χ1) is 9.53. The molecule has 20 heavy (non-hydrogen) atoms. The smallest absolute Gasteiger partial charge is 0.313 e. The maximum absolute atomic E-state index is 11.9. The summed E-state index contributed by atoms with van der Waals surface area (Å²) in [7, 11) is 0. The van der Waals surface area contributed by atoms with Crippen molar-refractivity contribution < 1.29 is 9.53 Å². The highest BCUT2D eigenvalue weighted by Crippen LogP contribution is 2.30. The lowest BCUT2D eigenvalue weighted by Gasteiger charge is -2.36. The first-order valence-electron chi connectivity index (χ1n) is 7.18. The molecule has 1 aromatic carbocycles. The predicted molar refractivity (Wildman–Crippen MR) is 80.9 cm³/mol. The molecule has 0 spiro atoms. The second kappa shape index (κ2) is 6.59. The molecular formula is C16H22ClNO2. The van der Waals surface area contributed by atoms with E-state index in [4.69, 9.17) is 16.3 Å². The molecule has 1 aromatic rings. The minimum absolute atomic E-state index is 0.0857. The van der Waals surface area contributed by atoms with Gasteiger partial charge in [0.2, 0.25) is 0 Å². The summed E-state index contributed by atoms with van der Waals surface area (Å²) in [6, 6.07) is 8.37.